The monoisotopic (exact) mass is 546 g/mol. The number of rotatable bonds is 8. The second-order valence-electron chi connectivity index (χ2n) is 9.35. The average molecular weight is 547 g/mol. The Bertz CT molecular complexity index is 1490. The molecule has 0 bridgehead atoms. The van der Waals surface area contributed by atoms with Gasteiger partial charge >= 0.3 is 6.11 Å². The Balaban J connectivity index is 1.63. The van der Waals surface area contributed by atoms with Crippen molar-refractivity contribution in [3.63, 3.8) is 0 Å². The van der Waals surface area contributed by atoms with E-state index in [2.05, 4.69) is 11.7 Å². The van der Waals surface area contributed by atoms with E-state index < -0.39 is 57.6 Å². The maximum Gasteiger partial charge on any atom is 0.432 e. The van der Waals surface area contributed by atoms with Crippen molar-refractivity contribution in [1.29, 1.82) is 0 Å². The van der Waals surface area contributed by atoms with Crippen molar-refractivity contribution in [3.05, 3.63) is 112 Å². The number of aryl methyl sites for hydroxylation is 1. The number of hydrogen-bond donors (Lipinski definition) is 0. The van der Waals surface area contributed by atoms with Gasteiger partial charge in [0.2, 0.25) is 0 Å². The lowest BCUT2D eigenvalue weighted by atomic mass is 9.97. The van der Waals surface area contributed by atoms with Gasteiger partial charge in [0, 0.05) is 22.8 Å². The van der Waals surface area contributed by atoms with Gasteiger partial charge in [-0.05, 0) is 67.1 Å². The van der Waals surface area contributed by atoms with E-state index in [-0.39, 0.29) is 11.1 Å². The van der Waals surface area contributed by atoms with Crippen molar-refractivity contribution in [2.75, 3.05) is 0 Å². The van der Waals surface area contributed by atoms with Gasteiger partial charge in [0.05, 0.1) is 0 Å². The van der Waals surface area contributed by atoms with Crippen LogP contribution >= 0.6 is 0 Å². The Morgan fingerprint density at radius 3 is 1.85 bits per heavy atom. The zero-order chi connectivity index (χ0) is 28.5. The Hall–Kier alpha value is -3.81. The van der Waals surface area contributed by atoms with Gasteiger partial charge in [0.25, 0.3) is 0 Å². The molecule has 204 valence electrons. The van der Waals surface area contributed by atoms with Gasteiger partial charge < -0.3 is 4.74 Å². The van der Waals surface area contributed by atoms with Crippen LogP contribution < -0.4 is 4.74 Å². The van der Waals surface area contributed by atoms with Crippen LogP contribution in [0.25, 0.3) is 22.3 Å². The number of hydrogen-bond acceptors (Lipinski definition) is 1. The van der Waals surface area contributed by atoms with E-state index in [0.29, 0.717) is 23.8 Å². The Kier molecular flexibility index (Phi) is 8.04. The summed E-state index contributed by atoms with van der Waals surface area (Å²) in [5, 5.41) is 0. The number of benzene rings is 4. The second-order valence-corrected chi connectivity index (χ2v) is 9.35. The Morgan fingerprint density at radius 2 is 1.26 bits per heavy atom. The fraction of sp³-hybridized carbons (Fsp3) is 0.226. The molecule has 0 N–H and O–H groups in total. The van der Waals surface area contributed by atoms with Crippen LogP contribution in [0.3, 0.4) is 0 Å². The maximum atomic E-state index is 15.0. The molecule has 0 unspecified atom stereocenters. The molecular weight excluding hydrogens is 521 g/mol. The first kappa shape index (κ1) is 28.2. The number of unbranched alkanes of at least 4 members (excludes halogenated alkanes) is 1. The van der Waals surface area contributed by atoms with E-state index in [0.717, 1.165) is 44.2 Å². The number of alkyl halides is 2. The standard InChI is InChI=1S/C31H25F7O/c1-4-5-6-19-7-9-20(10-8-19)21-11-12-23(25(33)13-21)22-14-26(34)29(27(35)15-22)31(37,38)39-28-16-24(32)17(2)30(36)18(28)3/h7-16H,4-6H2,1-3H3. The van der Waals surface area contributed by atoms with E-state index in [1.165, 1.54) is 12.1 Å². The third-order valence-corrected chi connectivity index (χ3v) is 6.60. The highest BCUT2D eigenvalue weighted by atomic mass is 19.3. The Morgan fingerprint density at radius 1 is 0.667 bits per heavy atom. The summed E-state index contributed by atoms with van der Waals surface area (Å²) >= 11 is 0. The third-order valence-electron chi connectivity index (χ3n) is 6.60. The summed E-state index contributed by atoms with van der Waals surface area (Å²) in [6.07, 6.45) is -1.58. The van der Waals surface area contributed by atoms with Gasteiger partial charge in [-0.2, -0.15) is 8.78 Å². The fourth-order valence-corrected chi connectivity index (χ4v) is 4.30. The van der Waals surface area contributed by atoms with Crippen LogP contribution in [0, 0.1) is 42.9 Å². The third kappa shape index (κ3) is 5.79. The molecular formula is C31H25F7O. The van der Waals surface area contributed by atoms with Crippen LogP contribution in [-0.2, 0) is 12.5 Å². The minimum Gasteiger partial charge on any atom is -0.428 e. The van der Waals surface area contributed by atoms with E-state index in [1.54, 1.807) is 6.07 Å². The van der Waals surface area contributed by atoms with Crippen molar-refractivity contribution in [3.8, 4) is 28.0 Å². The summed E-state index contributed by atoms with van der Waals surface area (Å²) in [5.41, 5.74) is -0.735. The highest BCUT2D eigenvalue weighted by Gasteiger charge is 2.42. The predicted octanol–water partition coefficient (Wildman–Crippen LogP) is 9.80. The first-order valence-corrected chi connectivity index (χ1v) is 12.3. The molecule has 0 saturated heterocycles. The molecule has 0 aliphatic heterocycles. The molecule has 4 aromatic rings. The topological polar surface area (TPSA) is 9.23 Å². The minimum atomic E-state index is -4.63. The lowest BCUT2D eigenvalue weighted by molar-refractivity contribution is -0.190. The van der Waals surface area contributed by atoms with E-state index in [1.807, 2.05) is 24.3 Å². The molecule has 0 aromatic heterocycles. The molecule has 39 heavy (non-hydrogen) atoms. The van der Waals surface area contributed by atoms with Crippen molar-refractivity contribution >= 4 is 0 Å². The van der Waals surface area contributed by atoms with Crippen LogP contribution in [0.4, 0.5) is 30.7 Å². The second kappa shape index (κ2) is 11.1. The summed E-state index contributed by atoms with van der Waals surface area (Å²) in [4.78, 5) is 0. The van der Waals surface area contributed by atoms with E-state index >= 15 is 4.39 Å². The van der Waals surface area contributed by atoms with Crippen molar-refractivity contribution in [2.24, 2.45) is 0 Å². The smallest absolute Gasteiger partial charge is 0.428 e. The van der Waals surface area contributed by atoms with Gasteiger partial charge in [0.15, 0.2) is 0 Å². The molecule has 0 spiro atoms. The summed E-state index contributed by atoms with van der Waals surface area (Å²) < 4.78 is 107. The molecule has 0 saturated carbocycles. The SMILES string of the molecule is CCCCc1ccc(-c2ccc(-c3cc(F)c(C(F)(F)Oc4cc(F)c(C)c(F)c4C)c(F)c3)c(F)c2)cc1. The molecule has 4 rings (SSSR count). The molecule has 0 aliphatic carbocycles. The van der Waals surface area contributed by atoms with Crippen LogP contribution in [0.5, 0.6) is 5.75 Å². The molecule has 1 nitrogen and oxygen atoms in total. The van der Waals surface area contributed by atoms with Crippen molar-refractivity contribution in [1.82, 2.24) is 0 Å². The van der Waals surface area contributed by atoms with Crippen molar-refractivity contribution in [2.45, 2.75) is 46.1 Å². The fourth-order valence-electron chi connectivity index (χ4n) is 4.30. The number of halogens is 7. The van der Waals surface area contributed by atoms with Crippen molar-refractivity contribution < 1.29 is 35.5 Å². The van der Waals surface area contributed by atoms with E-state index in [9.17, 15) is 26.3 Å². The summed E-state index contributed by atoms with van der Waals surface area (Å²) in [6.45, 7) is 4.27. The maximum absolute atomic E-state index is 15.0. The molecule has 4 aromatic carbocycles. The lowest BCUT2D eigenvalue weighted by Crippen LogP contribution is -2.26. The molecule has 0 radical (unpaired) electrons. The molecule has 0 heterocycles. The summed E-state index contributed by atoms with van der Waals surface area (Å²) in [5.74, 6) is -7.43. The molecule has 0 fully saturated rings. The molecule has 0 aliphatic rings. The van der Waals surface area contributed by atoms with Gasteiger partial charge in [-0.15, -0.1) is 0 Å². The van der Waals surface area contributed by atoms with Crippen LogP contribution in [-0.4, -0.2) is 0 Å². The van der Waals surface area contributed by atoms with Gasteiger partial charge in [-0.25, -0.2) is 22.0 Å². The highest BCUT2D eigenvalue weighted by Crippen LogP contribution is 2.39. The lowest BCUT2D eigenvalue weighted by Gasteiger charge is -2.21. The Labute approximate surface area is 221 Å². The van der Waals surface area contributed by atoms with Crippen LogP contribution in [0.1, 0.15) is 42.0 Å². The molecule has 0 amide bonds. The normalized spacial score (nSPS) is 11.6. The number of ether oxygens (including phenoxy) is 1. The highest BCUT2D eigenvalue weighted by molar-refractivity contribution is 5.71. The average Bonchev–Trinajstić information content (AvgIpc) is 2.88. The zero-order valence-electron chi connectivity index (χ0n) is 21.4. The largest absolute Gasteiger partial charge is 0.432 e. The first-order valence-electron chi connectivity index (χ1n) is 12.3. The zero-order valence-corrected chi connectivity index (χ0v) is 21.4. The first-order chi connectivity index (χ1) is 18.4. The predicted molar refractivity (Wildman–Crippen MR) is 136 cm³/mol. The molecule has 8 heteroatoms. The summed E-state index contributed by atoms with van der Waals surface area (Å²) in [7, 11) is 0. The van der Waals surface area contributed by atoms with Gasteiger partial charge in [-0.1, -0.05) is 49.7 Å². The molecule has 0 atom stereocenters. The summed E-state index contributed by atoms with van der Waals surface area (Å²) in [6, 6.07) is 13.3. The van der Waals surface area contributed by atoms with E-state index in [4.69, 9.17) is 0 Å². The minimum absolute atomic E-state index is 0.203. The van der Waals surface area contributed by atoms with Gasteiger partial charge in [0.1, 0.15) is 40.4 Å². The van der Waals surface area contributed by atoms with Crippen LogP contribution in [0.15, 0.2) is 60.7 Å². The van der Waals surface area contributed by atoms with Gasteiger partial charge in [-0.3, -0.25) is 0 Å². The quantitative estimate of drug-likeness (QED) is 0.200. The van der Waals surface area contributed by atoms with Crippen LogP contribution in [0.2, 0.25) is 0 Å².